The highest BCUT2D eigenvalue weighted by molar-refractivity contribution is 4.99. The average Bonchev–Trinajstić information content (AvgIpc) is 2.58. The van der Waals surface area contributed by atoms with Crippen molar-refractivity contribution in [2.24, 2.45) is 5.92 Å². The van der Waals surface area contributed by atoms with Crippen molar-refractivity contribution in [3.8, 4) is 0 Å². The molecule has 0 aliphatic carbocycles. The molecule has 0 fully saturated rings. The van der Waals surface area contributed by atoms with Gasteiger partial charge in [0.15, 0.2) is 0 Å². The van der Waals surface area contributed by atoms with Crippen LogP contribution in [-0.4, -0.2) is 0 Å². The second-order valence-corrected chi connectivity index (χ2v) is 8.02. The van der Waals surface area contributed by atoms with Crippen LogP contribution in [0.4, 0.5) is 0 Å². The third-order valence-electron chi connectivity index (χ3n) is 5.34. The highest BCUT2D eigenvalue weighted by Gasteiger charge is 2.09. The summed E-state index contributed by atoms with van der Waals surface area (Å²) in [6.45, 7) is 9.32. The quantitative estimate of drug-likeness (QED) is 0.173. The van der Waals surface area contributed by atoms with E-state index >= 15 is 0 Å². The van der Waals surface area contributed by atoms with Gasteiger partial charge in [-0.3, -0.25) is 0 Å². The second-order valence-electron chi connectivity index (χ2n) is 8.02. The summed E-state index contributed by atoms with van der Waals surface area (Å²) < 4.78 is 0. The van der Waals surface area contributed by atoms with Gasteiger partial charge in [-0.1, -0.05) is 122 Å². The molecule has 0 heterocycles. The molecule has 0 bridgehead atoms. The maximum absolute atomic E-state index is 2.55. The van der Waals surface area contributed by atoms with E-state index in [1.165, 1.54) is 109 Å². The zero-order valence-electron chi connectivity index (χ0n) is 17.7. The minimum Gasteiger partial charge on any atom is -0.0856 e. The molecule has 0 heteroatoms. The summed E-state index contributed by atoms with van der Waals surface area (Å²) in [4.78, 5) is 0. The molecule has 0 amide bonds. The van der Waals surface area contributed by atoms with Crippen LogP contribution in [0.1, 0.15) is 137 Å². The number of hydrogen-bond donors (Lipinski definition) is 0. The normalized spacial score (nSPS) is 13.4. The van der Waals surface area contributed by atoms with E-state index in [1.54, 1.807) is 5.57 Å². The van der Waals surface area contributed by atoms with Crippen LogP contribution in [0.25, 0.3) is 0 Å². The first-order valence-corrected chi connectivity index (χ1v) is 11.4. The summed E-state index contributed by atoms with van der Waals surface area (Å²) in [5, 5.41) is 0. The summed E-state index contributed by atoms with van der Waals surface area (Å²) in [7, 11) is 0. The summed E-state index contributed by atoms with van der Waals surface area (Å²) in [5.74, 6) is 0.951. The van der Waals surface area contributed by atoms with Crippen LogP contribution in [0.2, 0.25) is 0 Å². The first kappa shape index (κ1) is 23.7. The van der Waals surface area contributed by atoms with Gasteiger partial charge < -0.3 is 0 Å². The molecule has 0 N–H and O–H groups in total. The molecule has 0 aromatic carbocycles. The van der Waals surface area contributed by atoms with Gasteiger partial charge in [0.1, 0.15) is 0 Å². The van der Waals surface area contributed by atoms with Gasteiger partial charge in [0.2, 0.25) is 0 Å². The molecule has 0 aliphatic heterocycles. The molecule has 0 nitrogen and oxygen atoms in total. The van der Waals surface area contributed by atoms with Gasteiger partial charge in [0.05, 0.1) is 0 Å². The van der Waals surface area contributed by atoms with Crippen molar-refractivity contribution >= 4 is 0 Å². The Kier molecular flexibility index (Phi) is 18.9. The highest BCUT2D eigenvalue weighted by atomic mass is 14.1. The Hall–Kier alpha value is -0.260. The molecule has 0 radical (unpaired) electrons. The van der Waals surface area contributed by atoms with E-state index in [-0.39, 0.29) is 0 Å². The van der Waals surface area contributed by atoms with Crippen LogP contribution in [0.3, 0.4) is 0 Å². The van der Waals surface area contributed by atoms with Crippen molar-refractivity contribution in [1.29, 1.82) is 0 Å². The monoisotopic (exact) mass is 336 g/mol. The molecule has 0 saturated heterocycles. The molecule has 0 spiro atoms. The fourth-order valence-corrected chi connectivity index (χ4v) is 3.69. The van der Waals surface area contributed by atoms with Gasteiger partial charge in [-0.2, -0.15) is 0 Å². The number of allylic oxidation sites excluding steroid dienone is 2. The molecule has 0 saturated carbocycles. The summed E-state index contributed by atoms with van der Waals surface area (Å²) in [6.07, 6.45) is 26.6. The lowest BCUT2D eigenvalue weighted by atomic mass is 9.89. The molecule has 1 unspecified atom stereocenters. The molecule has 0 aromatic heterocycles. The van der Waals surface area contributed by atoms with Crippen LogP contribution >= 0.6 is 0 Å². The number of unbranched alkanes of at least 4 members (excludes halogenated alkanes) is 11. The van der Waals surface area contributed by atoms with E-state index in [4.69, 9.17) is 0 Å². The summed E-state index contributed by atoms with van der Waals surface area (Å²) in [5.41, 5.74) is 1.66. The van der Waals surface area contributed by atoms with E-state index < -0.39 is 0 Å². The van der Waals surface area contributed by atoms with Crippen molar-refractivity contribution in [2.75, 3.05) is 0 Å². The predicted octanol–water partition coefficient (Wildman–Crippen LogP) is 9.24. The van der Waals surface area contributed by atoms with Crippen LogP contribution in [0, 0.1) is 5.92 Å². The predicted molar refractivity (Wildman–Crippen MR) is 113 cm³/mol. The van der Waals surface area contributed by atoms with Gasteiger partial charge in [0.25, 0.3) is 0 Å². The van der Waals surface area contributed by atoms with Crippen molar-refractivity contribution in [1.82, 2.24) is 0 Å². The van der Waals surface area contributed by atoms with Crippen molar-refractivity contribution < 1.29 is 0 Å². The first-order valence-electron chi connectivity index (χ1n) is 11.4. The molecule has 1 atom stereocenters. The maximum Gasteiger partial charge on any atom is -0.0295 e. The van der Waals surface area contributed by atoms with E-state index in [1.807, 2.05) is 0 Å². The average molecular weight is 337 g/mol. The molecule has 0 aliphatic rings. The zero-order chi connectivity index (χ0) is 17.9. The Morgan fingerprint density at radius 2 is 1.12 bits per heavy atom. The lowest BCUT2D eigenvalue weighted by molar-refractivity contribution is 0.408. The van der Waals surface area contributed by atoms with Gasteiger partial charge >= 0.3 is 0 Å². The molecule has 0 rings (SSSR count). The Labute approximate surface area is 154 Å². The minimum atomic E-state index is 0.951. The smallest absolute Gasteiger partial charge is 0.0295 e. The Bertz CT molecular complexity index is 263. The van der Waals surface area contributed by atoms with Crippen LogP contribution in [0.5, 0.6) is 0 Å². The SMILES string of the molecule is CCCCCCCCCC=C(C)CC(CCCC)CCCCCC. The van der Waals surface area contributed by atoms with Crippen molar-refractivity contribution in [3.63, 3.8) is 0 Å². The summed E-state index contributed by atoms with van der Waals surface area (Å²) in [6, 6.07) is 0. The van der Waals surface area contributed by atoms with E-state index in [9.17, 15) is 0 Å². The molecule has 0 aromatic rings. The van der Waals surface area contributed by atoms with E-state index in [2.05, 4.69) is 33.8 Å². The van der Waals surface area contributed by atoms with Crippen LogP contribution < -0.4 is 0 Å². The van der Waals surface area contributed by atoms with Gasteiger partial charge in [-0.05, 0) is 32.1 Å². The Balaban J connectivity index is 3.85. The van der Waals surface area contributed by atoms with Gasteiger partial charge in [-0.25, -0.2) is 0 Å². The lowest BCUT2D eigenvalue weighted by Gasteiger charge is -2.17. The van der Waals surface area contributed by atoms with Gasteiger partial charge in [0, 0.05) is 0 Å². The largest absolute Gasteiger partial charge is 0.0856 e. The van der Waals surface area contributed by atoms with Crippen molar-refractivity contribution in [2.45, 2.75) is 137 Å². The third-order valence-corrected chi connectivity index (χ3v) is 5.34. The molecule has 144 valence electrons. The lowest BCUT2D eigenvalue weighted by Crippen LogP contribution is -2.02. The topological polar surface area (TPSA) is 0 Å². The minimum absolute atomic E-state index is 0.951. The van der Waals surface area contributed by atoms with Crippen molar-refractivity contribution in [3.05, 3.63) is 11.6 Å². The molecule has 24 heavy (non-hydrogen) atoms. The van der Waals surface area contributed by atoms with Gasteiger partial charge in [-0.15, -0.1) is 0 Å². The fourth-order valence-electron chi connectivity index (χ4n) is 3.69. The second kappa shape index (κ2) is 19.1. The Morgan fingerprint density at radius 1 is 0.625 bits per heavy atom. The standard InChI is InChI=1S/C24H48/c1-5-8-11-13-14-15-16-17-19-23(4)22-24(20-10-7-3)21-18-12-9-6-2/h19,24H,5-18,20-22H2,1-4H3. The van der Waals surface area contributed by atoms with E-state index in [0.717, 1.165) is 5.92 Å². The van der Waals surface area contributed by atoms with E-state index in [0.29, 0.717) is 0 Å². The summed E-state index contributed by atoms with van der Waals surface area (Å²) >= 11 is 0. The van der Waals surface area contributed by atoms with Crippen LogP contribution in [-0.2, 0) is 0 Å². The fraction of sp³-hybridized carbons (Fsp3) is 0.917. The third kappa shape index (κ3) is 16.6. The highest BCUT2D eigenvalue weighted by Crippen LogP contribution is 2.24. The maximum atomic E-state index is 2.55. The number of hydrogen-bond acceptors (Lipinski definition) is 0. The zero-order valence-corrected chi connectivity index (χ0v) is 17.7. The number of rotatable bonds is 18. The molecular weight excluding hydrogens is 288 g/mol. The first-order chi connectivity index (χ1) is 11.7. The molecular formula is C24H48. The van der Waals surface area contributed by atoms with Crippen LogP contribution in [0.15, 0.2) is 11.6 Å². The Morgan fingerprint density at radius 3 is 1.75 bits per heavy atom.